The van der Waals surface area contributed by atoms with E-state index in [0.29, 0.717) is 11.9 Å². The molecule has 2 fully saturated rings. The Hall–Kier alpha value is -0.830. The van der Waals surface area contributed by atoms with Crippen LogP contribution < -0.4 is 0 Å². The number of halogens is 1. The Morgan fingerprint density at radius 3 is 2.24 bits per heavy atom. The number of nitrogens with zero attached hydrogens (tertiary/aromatic N) is 1. The van der Waals surface area contributed by atoms with Crippen LogP contribution in [-0.4, -0.2) is 23.9 Å². The fraction of sp³-hybridized carbons (Fsp3) is 0.611. The third-order valence-electron chi connectivity index (χ3n) is 5.41. The van der Waals surface area contributed by atoms with E-state index >= 15 is 0 Å². The molecule has 0 heterocycles. The quantitative estimate of drug-likeness (QED) is 0.785. The molecule has 2 nitrogen and oxygen atoms in total. The standard InChI is InChI=1S/C18H24BrNO/c1-13-3-9-16(10-4-13)20(2)17(21)18(11-12-18)14-5-7-15(19)8-6-14/h5-8,13,16H,3-4,9-12H2,1-2H3. The fourth-order valence-corrected chi connectivity index (χ4v) is 3.92. The Bertz CT molecular complexity index is 513. The average Bonchev–Trinajstić information content (AvgIpc) is 3.29. The molecule has 3 heteroatoms. The van der Waals surface area contributed by atoms with Gasteiger partial charge < -0.3 is 4.90 Å². The van der Waals surface area contributed by atoms with Crippen LogP contribution in [0.25, 0.3) is 0 Å². The molecule has 1 aromatic rings. The predicted octanol–water partition coefficient (Wildman–Crippen LogP) is 4.52. The van der Waals surface area contributed by atoms with E-state index in [2.05, 4.69) is 39.9 Å². The van der Waals surface area contributed by atoms with E-state index in [9.17, 15) is 4.79 Å². The summed E-state index contributed by atoms with van der Waals surface area (Å²) in [6, 6.07) is 8.75. The first-order valence-corrected chi connectivity index (χ1v) is 8.85. The maximum absolute atomic E-state index is 13.0. The maximum atomic E-state index is 13.0. The summed E-state index contributed by atoms with van der Waals surface area (Å²) in [5.41, 5.74) is 0.963. The third-order valence-corrected chi connectivity index (χ3v) is 5.94. The predicted molar refractivity (Wildman–Crippen MR) is 89.2 cm³/mol. The second-order valence-corrected chi connectivity index (χ2v) is 7.83. The zero-order chi connectivity index (χ0) is 15.0. The molecule has 1 aromatic carbocycles. The molecule has 2 aliphatic carbocycles. The fourth-order valence-electron chi connectivity index (χ4n) is 3.65. The molecule has 21 heavy (non-hydrogen) atoms. The van der Waals surface area contributed by atoms with Crippen molar-refractivity contribution < 1.29 is 4.79 Å². The van der Waals surface area contributed by atoms with Gasteiger partial charge in [-0.15, -0.1) is 0 Å². The largest absolute Gasteiger partial charge is 0.342 e. The number of hydrogen-bond donors (Lipinski definition) is 0. The molecule has 1 amide bonds. The third kappa shape index (κ3) is 2.90. The van der Waals surface area contributed by atoms with Crippen molar-refractivity contribution in [3.63, 3.8) is 0 Å². The zero-order valence-corrected chi connectivity index (χ0v) is 14.5. The highest BCUT2D eigenvalue weighted by Gasteiger charge is 2.53. The summed E-state index contributed by atoms with van der Waals surface area (Å²) in [6.45, 7) is 2.32. The van der Waals surface area contributed by atoms with Gasteiger partial charge in [-0.3, -0.25) is 4.79 Å². The van der Waals surface area contributed by atoms with Crippen molar-refractivity contribution in [1.29, 1.82) is 0 Å². The first-order chi connectivity index (χ1) is 10.0. The molecule has 2 aliphatic rings. The smallest absolute Gasteiger partial charge is 0.233 e. The van der Waals surface area contributed by atoms with Crippen LogP contribution in [0.5, 0.6) is 0 Å². The monoisotopic (exact) mass is 349 g/mol. The van der Waals surface area contributed by atoms with Crippen LogP contribution in [0.4, 0.5) is 0 Å². The number of likely N-dealkylation sites (N-methyl/N-ethyl adjacent to an activating group) is 1. The minimum Gasteiger partial charge on any atom is -0.342 e. The lowest BCUT2D eigenvalue weighted by molar-refractivity contribution is -0.135. The maximum Gasteiger partial charge on any atom is 0.233 e. The Balaban J connectivity index is 1.73. The second-order valence-electron chi connectivity index (χ2n) is 6.92. The summed E-state index contributed by atoms with van der Waals surface area (Å²) in [4.78, 5) is 15.1. The Morgan fingerprint density at radius 2 is 1.71 bits per heavy atom. The summed E-state index contributed by atoms with van der Waals surface area (Å²) >= 11 is 3.47. The SMILES string of the molecule is CC1CCC(N(C)C(=O)C2(c3ccc(Br)cc3)CC2)CC1. The van der Waals surface area contributed by atoms with Crippen LogP contribution >= 0.6 is 15.9 Å². The van der Waals surface area contributed by atoms with Gasteiger partial charge in [0.2, 0.25) is 5.91 Å². The minimum atomic E-state index is -0.224. The molecule has 0 atom stereocenters. The number of carbonyl (C=O) groups excluding carboxylic acids is 1. The Kier molecular flexibility index (Phi) is 4.13. The second kappa shape index (κ2) is 5.75. The summed E-state index contributed by atoms with van der Waals surface area (Å²) in [7, 11) is 2.02. The van der Waals surface area contributed by atoms with Crippen LogP contribution in [-0.2, 0) is 10.2 Å². The van der Waals surface area contributed by atoms with Gasteiger partial charge in [0.05, 0.1) is 5.41 Å². The molecular formula is C18H24BrNO. The summed E-state index contributed by atoms with van der Waals surface area (Å²) in [5, 5.41) is 0. The molecule has 0 aromatic heterocycles. The topological polar surface area (TPSA) is 20.3 Å². The summed E-state index contributed by atoms with van der Waals surface area (Å²) < 4.78 is 1.07. The van der Waals surface area contributed by atoms with Crippen molar-refractivity contribution in [2.24, 2.45) is 5.92 Å². The summed E-state index contributed by atoms with van der Waals surface area (Å²) in [6.07, 6.45) is 6.85. The van der Waals surface area contributed by atoms with E-state index in [4.69, 9.17) is 0 Å². The van der Waals surface area contributed by atoms with E-state index < -0.39 is 0 Å². The van der Waals surface area contributed by atoms with Gasteiger partial charge in [-0.1, -0.05) is 35.0 Å². The number of benzene rings is 1. The molecule has 0 aliphatic heterocycles. The van der Waals surface area contributed by atoms with Crippen molar-refractivity contribution in [2.45, 2.75) is 56.9 Å². The van der Waals surface area contributed by atoms with E-state index in [1.54, 1.807) is 0 Å². The molecule has 0 saturated heterocycles. The molecule has 0 spiro atoms. The highest BCUT2D eigenvalue weighted by atomic mass is 79.9. The van der Waals surface area contributed by atoms with E-state index in [-0.39, 0.29) is 5.41 Å². The lowest BCUT2D eigenvalue weighted by atomic mass is 9.85. The molecule has 2 saturated carbocycles. The lowest BCUT2D eigenvalue weighted by Crippen LogP contribution is -2.44. The number of hydrogen-bond acceptors (Lipinski definition) is 1. The van der Waals surface area contributed by atoms with Gasteiger partial charge in [0, 0.05) is 17.6 Å². The molecule has 0 radical (unpaired) electrons. The minimum absolute atomic E-state index is 0.224. The first kappa shape index (κ1) is 15.1. The van der Waals surface area contributed by atoms with Crippen molar-refractivity contribution in [3.05, 3.63) is 34.3 Å². The van der Waals surface area contributed by atoms with E-state index in [0.717, 1.165) is 23.2 Å². The number of rotatable bonds is 3. The van der Waals surface area contributed by atoms with Gasteiger partial charge in [0.15, 0.2) is 0 Å². The zero-order valence-electron chi connectivity index (χ0n) is 12.9. The van der Waals surface area contributed by atoms with Crippen LogP contribution in [0.15, 0.2) is 28.7 Å². The lowest BCUT2D eigenvalue weighted by Gasteiger charge is -2.35. The van der Waals surface area contributed by atoms with Gasteiger partial charge in [0.25, 0.3) is 0 Å². The first-order valence-electron chi connectivity index (χ1n) is 8.06. The Labute approximate surface area is 136 Å². The average molecular weight is 350 g/mol. The molecule has 114 valence electrons. The van der Waals surface area contributed by atoms with Gasteiger partial charge in [0.1, 0.15) is 0 Å². The van der Waals surface area contributed by atoms with Crippen molar-refractivity contribution in [2.75, 3.05) is 7.05 Å². The van der Waals surface area contributed by atoms with E-state index in [1.165, 1.54) is 31.2 Å². The molecule has 0 bridgehead atoms. The van der Waals surface area contributed by atoms with Gasteiger partial charge in [-0.05, 0) is 62.1 Å². The molecule has 0 unspecified atom stereocenters. The molecule has 3 rings (SSSR count). The van der Waals surface area contributed by atoms with Crippen LogP contribution in [0, 0.1) is 5.92 Å². The van der Waals surface area contributed by atoms with Crippen molar-refractivity contribution in [3.8, 4) is 0 Å². The Morgan fingerprint density at radius 1 is 1.14 bits per heavy atom. The van der Waals surface area contributed by atoms with Crippen LogP contribution in [0.3, 0.4) is 0 Å². The summed E-state index contributed by atoms with van der Waals surface area (Å²) in [5.74, 6) is 1.16. The van der Waals surface area contributed by atoms with Gasteiger partial charge >= 0.3 is 0 Å². The van der Waals surface area contributed by atoms with Crippen LogP contribution in [0.1, 0.15) is 51.0 Å². The number of carbonyl (C=O) groups is 1. The van der Waals surface area contributed by atoms with Gasteiger partial charge in [-0.2, -0.15) is 0 Å². The van der Waals surface area contributed by atoms with Crippen LogP contribution in [0.2, 0.25) is 0 Å². The van der Waals surface area contributed by atoms with Crippen molar-refractivity contribution in [1.82, 2.24) is 4.90 Å². The highest BCUT2D eigenvalue weighted by molar-refractivity contribution is 9.10. The highest BCUT2D eigenvalue weighted by Crippen LogP contribution is 2.50. The number of amides is 1. The normalized spacial score (nSPS) is 27.2. The molecular weight excluding hydrogens is 326 g/mol. The van der Waals surface area contributed by atoms with Gasteiger partial charge in [-0.25, -0.2) is 0 Å². The molecule has 0 N–H and O–H groups in total. The van der Waals surface area contributed by atoms with Crippen molar-refractivity contribution >= 4 is 21.8 Å². The van der Waals surface area contributed by atoms with E-state index in [1.807, 2.05) is 19.2 Å².